The predicted octanol–water partition coefficient (Wildman–Crippen LogP) is 4.46. The summed E-state index contributed by atoms with van der Waals surface area (Å²) in [7, 11) is 1.26. The molecule has 0 aliphatic heterocycles. The molecule has 0 heterocycles. The van der Waals surface area contributed by atoms with Gasteiger partial charge in [-0.3, -0.25) is 0 Å². The summed E-state index contributed by atoms with van der Waals surface area (Å²) in [6.45, 7) is 2.23. The molecular weight excluding hydrogens is 283 g/mol. The topological polar surface area (TPSA) is 35.5 Å². The van der Waals surface area contributed by atoms with E-state index in [2.05, 4.69) is 11.7 Å². The molecule has 1 aliphatic rings. The van der Waals surface area contributed by atoms with Crippen molar-refractivity contribution < 1.29 is 18.7 Å². The van der Waals surface area contributed by atoms with Crippen LogP contribution in [0.3, 0.4) is 0 Å². The molecule has 0 unspecified atom stereocenters. The van der Waals surface area contributed by atoms with E-state index < -0.39 is 11.8 Å². The zero-order valence-corrected chi connectivity index (χ0v) is 12.6. The summed E-state index contributed by atoms with van der Waals surface area (Å²) in [5, 5.41) is 0. The average molecular weight is 300 g/mol. The maximum atomic E-state index is 14.0. The van der Waals surface area contributed by atoms with Crippen LogP contribution in [0.1, 0.15) is 35.7 Å². The van der Waals surface area contributed by atoms with Crippen LogP contribution in [0.4, 0.5) is 4.39 Å². The van der Waals surface area contributed by atoms with Crippen molar-refractivity contribution in [3.63, 3.8) is 0 Å². The van der Waals surface area contributed by atoms with Crippen molar-refractivity contribution in [2.75, 3.05) is 7.11 Å². The van der Waals surface area contributed by atoms with Gasteiger partial charge < -0.3 is 9.47 Å². The quantitative estimate of drug-likeness (QED) is 0.782. The highest BCUT2D eigenvalue weighted by Crippen LogP contribution is 2.47. The molecule has 1 saturated carbocycles. The summed E-state index contributed by atoms with van der Waals surface area (Å²) in [5.74, 6) is -0.524. The highest BCUT2D eigenvalue weighted by molar-refractivity contribution is 5.89. The zero-order chi connectivity index (χ0) is 15.7. The smallest absolute Gasteiger partial charge is 0.337 e. The van der Waals surface area contributed by atoms with E-state index in [9.17, 15) is 9.18 Å². The molecule has 0 N–H and O–H groups in total. The van der Waals surface area contributed by atoms with Gasteiger partial charge in [-0.15, -0.1) is 0 Å². The normalized spacial score (nSPS) is 15.2. The van der Waals surface area contributed by atoms with Crippen LogP contribution in [-0.2, 0) is 10.2 Å². The fourth-order valence-electron chi connectivity index (χ4n) is 2.36. The first kappa shape index (κ1) is 14.6. The maximum absolute atomic E-state index is 14.0. The van der Waals surface area contributed by atoms with Gasteiger partial charge >= 0.3 is 5.97 Å². The molecule has 4 heteroatoms. The second-order valence-electron chi connectivity index (χ2n) is 5.82. The summed E-state index contributed by atoms with van der Waals surface area (Å²) >= 11 is 0. The van der Waals surface area contributed by atoms with Crippen LogP contribution in [0, 0.1) is 5.82 Å². The molecule has 0 amide bonds. The number of hydrogen-bond donors (Lipinski definition) is 0. The van der Waals surface area contributed by atoms with Gasteiger partial charge in [-0.1, -0.05) is 19.1 Å². The number of carbonyl (C=O) groups excluding carboxylic acids is 1. The van der Waals surface area contributed by atoms with Crippen LogP contribution < -0.4 is 4.74 Å². The Morgan fingerprint density at radius 1 is 1.14 bits per heavy atom. The summed E-state index contributed by atoms with van der Waals surface area (Å²) in [4.78, 5) is 11.3. The lowest BCUT2D eigenvalue weighted by atomic mass is 9.99. The molecule has 0 atom stereocenters. The van der Waals surface area contributed by atoms with Crippen molar-refractivity contribution in [2.24, 2.45) is 0 Å². The summed E-state index contributed by atoms with van der Waals surface area (Å²) in [6, 6.07) is 11.7. The van der Waals surface area contributed by atoms with Gasteiger partial charge in [0.05, 0.1) is 12.7 Å². The van der Waals surface area contributed by atoms with Gasteiger partial charge in [-0.05, 0) is 54.2 Å². The minimum atomic E-state index is -0.596. The lowest BCUT2D eigenvalue weighted by Crippen LogP contribution is -2.02. The van der Waals surface area contributed by atoms with Crippen molar-refractivity contribution in [3.05, 3.63) is 59.4 Å². The van der Waals surface area contributed by atoms with Crippen LogP contribution in [0.2, 0.25) is 0 Å². The van der Waals surface area contributed by atoms with E-state index in [0.717, 1.165) is 6.07 Å². The molecule has 0 spiro atoms. The number of carbonyl (C=O) groups is 1. The lowest BCUT2D eigenvalue weighted by Gasteiger charge is -2.11. The van der Waals surface area contributed by atoms with Gasteiger partial charge in [0.15, 0.2) is 11.6 Å². The molecule has 2 aromatic carbocycles. The monoisotopic (exact) mass is 300 g/mol. The molecule has 0 saturated heterocycles. The Hall–Kier alpha value is -2.36. The molecular formula is C18H17FO3. The van der Waals surface area contributed by atoms with Gasteiger partial charge in [0.2, 0.25) is 0 Å². The molecule has 0 aromatic heterocycles. The van der Waals surface area contributed by atoms with Crippen LogP contribution in [-0.4, -0.2) is 13.1 Å². The third-order valence-corrected chi connectivity index (χ3v) is 4.13. The minimum absolute atomic E-state index is 0.0815. The Kier molecular flexibility index (Phi) is 3.61. The molecule has 114 valence electrons. The Balaban J connectivity index is 1.76. The largest absolute Gasteiger partial charge is 0.465 e. The highest BCUT2D eigenvalue weighted by atomic mass is 19.1. The fraction of sp³-hybridized carbons (Fsp3) is 0.278. The summed E-state index contributed by atoms with van der Waals surface area (Å²) in [5.41, 5.74) is 1.73. The Labute approximate surface area is 128 Å². The first-order valence-corrected chi connectivity index (χ1v) is 7.18. The maximum Gasteiger partial charge on any atom is 0.337 e. The van der Waals surface area contributed by atoms with Crippen LogP contribution in [0.5, 0.6) is 11.5 Å². The molecule has 3 nitrogen and oxygen atoms in total. The molecule has 1 fully saturated rings. The number of esters is 1. The molecule has 22 heavy (non-hydrogen) atoms. The van der Waals surface area contributed by atoms with Gasteiger partial charge in [-0.25, -0.2) is 9.18 Å². The Morgan fingerprint density at radius 2 is 1.82 bits per heavy atom. The standard InChI is InChI=1S/C18H17FO3/c1-18(9-10-18)13-4-6-14(7-5-13)22-16-8-3-12(11-15(16)19)17(20)21-2/h3-8,11H,9-10H2,1-2H3. The number of methoxy groups -OCH3 is 1. The molecule has 3 rings (SSSR count). The van der Waals surface area contributed by atoms with Crippen molar-refractivity contribution >= 4 is 5.97 Å². The first-order valence-electron chi connectivity index (χ1n) is 7.18. The van der Waals surface area contributed by atoms with E-state index in [1.165, 1.54) is 37.6 Å². The third-order valence-electron chi connectivity index (χ3n) is 4.13. The highest BCUT2D eigenvalue weighted by Gasteiger charge is 2.38. The van der Waals surface area contributed by atoms with Crippen molar-refractivity contribution in [1.29, 1.82) is 0 Å². The van der Waals surface area contributed by atoms with Gasteiger partial charge in [0.1, 0.15) is 5.75 Å². The molecule has 1 aliphatic carbocycles. The van der Waals surface area contributed by atoms with E-state index in [0.29, 0.717) is 11.2 Å². The minimum Gasteiger partial charge on any atom is -0.465 e. The van der Waals surface area contributed by atoms with E-state index in [1.54, 1.807) is 0 Å². The van der Waals surface area contributed by atoms with E-state index >= 15 is 0 Å². The predicted molar refractivity (Wildman–Crippen MR) is 80.8 cm³/mol. The van der Waals surface area contributed by atoms with Gasteiger partial charge in [0, 0.05) is 0 Å². The number of halogens is 1. The van der Waals surface area contributed by atoms with Crippen LogP contribution >= 0.6 is 0 Å². The van der Waals surface area contributed by atoms with Gasteiger partial charge in [-0.2, -0.15) is 0 Å². The Bertz CT molecular complexity index is 703. The zero-order valence-electron chi connectivity index (χ0n) is 12.6. The first-order chi connectivity index (χ1) is 10.5. The second-order valence-corrected chi connectivity index (χ2v) is 5.82. The number of ether oxygens (including phenoxy) is 2. The molecule has 2 aromatic rings. The molecule has 0 bridgehead atoms. The van der Waals surface area contributed by atoms with Crippen LogP contribution in [0.25, 0.3) is 0 Å². The summed E-state index contributed by atoms with van der Waals surface area (Å²) in [6.07, 6.45) is 2.41. The number of hydrogen-bond acceptors (Lipinski definition) is 3. The fourth-order valence-corrected chi connectivity index (χ4v) is 2.36. The third kappa shape index (κ3) is 2.82. The van der Waals surface area contributed by atoms with E-state index in [-0.39, 0.29) is 11.3 Å². The van der Waals surface area contributed by atoms with Crippen molar-refractivity contribution in [3.8, 4) is 11.5 Å². The average Bonchev–Trinajstić information content (AvgIpc) is 3.28. The number of rotatable bonds is 4. The van der Waals surface area contributed by atoms with E-state index in [4.69, 9.17) is 4.74 Å². The second kappa shape index (κ2) is 5.44. The van der Waals surface area contributed by atoms with Crippen LogP contribution in [0.15, 0.2) is 42.5 Å². The van der Waals surface area contributed by atoms with Crippen molar-refractivity contribution in [1.82, 2.24) is 0 Å². The van der Waals surface area contributed by atoms with Gasteiger partial charge in [0.25, 0.3) is 0 Å². The molecule has 0 radical (unpaired) electrons. The lowest BCUT2D eigenvalue weighted by molar-refractivity contribution is 0.0600. The SMILES string of the molecule is COC(=O)c1ccc(Oc2ccc(C3(C)CC3)cc2)c(F)c1. The number of benzene rings is 2. The van der Waals surface area contributed by atoms with E-state index in [1.807, 2.05) is 24.3 Å². The Morgan fingerprint density at radius 3 is 2.36 bits per heavy atom. The summed E-state index contributed by atoms with van der Waals surface area (Å²) < 4.78 is 24.1. The van der Waals surface area contributed by atoms with Crippen molar-refractivity contribution in [2.45, 2.75) is 25.2 Å².